The van der Waals surface area contributed by atoms with Crippen LogP contribution < -0.4 is 10.7 Å². The van der Waals surface area contributed by atoms with E-state index in [9.17, 15) is 14.4 Å². The molecule has 7 heteroatoms. The van der Waals surface area contributed by atoms with E-state index in [-0.39, 0.29) is 11.8 Å². The highest BCUT2D eigenvalue weighted by Gasteiger charge is 2.52. The summed E-state index contributed by atoms with van der Waals surface area (Å²) in [6, 6.07) is -0.516. The van der Waals surface area contributed by atoms with Gasteiger partial charge in [0, 0.05) is 10.3 Å². The van der Waals surface area contributed by atoms with Crippen molar-refractivity contribution in [1.29, 1.82) is 0 Å². The average Bonchev–Trinajstić information content (AvgIpc) is 3.10. The second kappa shape index (κ2) is 6.12. The molecule has 0 aromatic carbocycles. The molecule has 1 saturated heterocycles. The van der Waals surface area contributed by atoms with Crippen LogP contribution in [0.2, 0.25) is 0 Å². The van der Waals surface area contributed by atoms with Gasteiger partial charge in [0.2, 0.25) is 0 Å². The monoisotopic (exact) mass is 361 g/mol. The third-order valence-corrected chi connectivity index (χ3v) is 6.78. The molecule has 1 saturated carbocycles. The molecule has 2 fully saturated rings. The van der Waals surface area contributed by atoms with Crippen LogP contribution in [0.3, 0.4) is 0 Å². The molecule has 1 aliphatic heterocycles. The number of hydrazine groups is 1. The molecule has 4 rings (SSSR count). The van der Waals surface area contributed by atoms with Crippen molar-refractivity contribution < 1.29 is 14.4 Å². The van der Waals surface area contributed by atoms with Gasteiger partial charge in [0.05, 0.1) is 5.56 Å². The van der Waals surface area contributed by atoms with Crippen molar-refractivity contribution in [3.05, 3.63) is 21.4 Å². The smallest absolute Gasteiger partial charge is 0.322 e. The minimum absolute atomic E-state index is 0.316. The maximum Gasteiger partial charge on any atom is 0.344 e. The van der Waals surface area contributed by atoms with E-state index in [1.807, 2.05) is 5.38 Å². The van der Waals surface area contributed by atoms with Crippen molar-refractivity contribution in [3.8, 4) is 0 Å². The highest BCUT2D eigenvalue weighted by Crippen LogP contribution is 2.34. The number of carbonyl (C=O) groups is 3. The first-order valence-corrected chi connectivity index (χ1v) is 9.95. The lowest BCUT2D eigenvalue weighted by atomic mass is 9.82. The Morgan fingerprint density at radius 3 is 2.84 bits per heavy atom. The van der Waals surface area contributed by atoms with Crippen LogP contribution in [-0.2, 0) is 17.6 Å². The number of imide groups is 1. The van der Waals surface area contributed by atoms with Crippen molar-refractivity contribution in [2.75, 3.05) is 0 Å². The molecule has 0 bridgehead atoms. The van der Waals surface area contributed by atoms with Gasteiger partial charge in [0.25, 0.3) is 11.8 Å². The average molecular weight is 361 g/mol. The molecule has 2 heterocycles. The minimum Gasteiger partial charge on any atom is -0.322 e. The van der Waals surface area contributed by atoms with Crippen LogP contribution in [0.5, 0.6) is 0 Å². The van der Waals surface area contributed by atoms with Crippen LogP contribution in [0.1, 0.15) is 66.2 Å². The zero-order valence-corrected chi connectivity index (χ0v) is 15.2. The van der Waals surface area contributed by atoms with E-state index in [0.717, 1.165) is 49.1 Å². The number of fused-ring (bicyclic) bond motifs is 1. The normalized spacial score (nSPS) is 25.0. The molecule has 134 valence electrons. The molecule has 1 aromatic rings. The summed E-state index contributed by atoms with van der Waals surface area (Å²) >= 11 is 1.60. The van der Waals surface area contributed by atoms with Crippen molar-refractivity contribution in [3.63, 3.8) is 0 Å². The maximum atomic E-state index is 12.8. The Kier molecular flexibility index (Phi) is 4.06. The topological polar surface area (TPSA) is 78.5 Å². The van der Waals surface area contributed by atoms with E-state index in [0.29, 0.717) is 24.3 Å². The predicted octanol–water partition coefficient (Wildman–Crippen LogP) is 2.77. The summed E-state index contributed by atoms with van der Waals surface area (Å²) in [4.78, 5) is 39.0. The van der Waals surface area contributed by atoms with Gasteiger partial charge in [0.15, 0.2) is 0 Å². The van der Waals surface area contributed by atoms with Gasteiger partial charge in [-0.3, -0.25) is 15.0 Å². The van der Waals surface area contributed by atoms with Crippen LogP contribution in [0.4, 0.5) is 4.79 Å². The first-order chi connectivity index (χ1) is 12.0. The Balaban J connectivity index is 1.52. The Morgan fingerprint density at radius 1 is 1.32 bits per heavy atom. The molecular weight excluding hydrogens is 338 g/mol. The van der Waals surface area contributed by atoms with Crippen molar-refractivity contribution in [2.24, 2.45) is 5.92 Å². The summed E-state index contributed by atoms with van der Waals surface area (Å²) in [6.45, 7) is 2.22. The SMILES string of the molecule is CC1CCc2c(C(=O)NN3C(=O)NC4(CCCCC4)C3=O)csc2C1. The quantitative estimate of drug-likeness (QED) is 0.795. The Morgan fingerprint density at radius 2 is 2.08 bits per heavy atom. The fourth-order valence-corrected chi connectivity index (χ4v) is 5.49. The first-order valence-electron chi connectivity index (χ1n) is 9.07. The number of hydrogen-bond donors (Lipinski definition) is 2. The minimum atomic E-state index is -0.813. The molecule has 2 N–H and O–H groups in total. The molecule has 1 atom stereocenters. The van der Waals surface area contributed by atoms with E-state index in [1.54, 1.807) is 11.3 Å². The summed E-state index contributed by atoms with van der Waals surface area (Å²) in [7, 11) is 0. The zero-order valence-electron chi connectivity index (χ0n) is 14.4. The number of rotatable bonds is 2. The van der Waals surface area contributed by atoms with Crippen molar-refractivity contribution in [2.45, 2.75) is 63.8 Å². The highest BCUT2D eigenvalue weighted by atomic mass is 32.1. The van der Waals surface area contributed by atoms with E-state index in [2.05, 4.69) is 17.7 Å². The molecule has 0 radical (unpaired) electrons. The number of hydrogen-bond acceptors (Lipinski definition) is 4. The summed E-state index contributed by atoms with van der Waals surface area (Å²) in [5.41, 5.74) is 3.43. The van der Waals surface area contributed by atoms with Gasteiger partial charge in [-0.15, -0.1) is 11.3 Å². The van der Waals surface area contributed by atoms with Gasteiger partial charge in [-0.25, -0.2) is 4.79 Å². The number of urea groups is 1. The van der Waals surface area contributed by atoms with E-state index < -0.39 is 11.6 Å². The Hall–Kier alpha value is -1.89. The molecule has 6 nitrogen and oxygen atoms in total. The van der Waals surface area contributed by atoms with Crippen molar-refractivity contribution in [1.82, 2.24) is 15.8 Å². The lowest BCUT2D eigenvalue weighted by Crippen LogP contribution is -2.51. The molecule has 1 spiro atoms. The number of carbonyl (C=O) groups excluding carboxylic acids is 3. The Bertz CT molecular complexity index is 736. The molecule has 25 heavy (non-hydrogen) atoms. The number of thiophene rings is 1. The van der Waals surface area contributed by atoms with Gasteiger partial charge >= 0.3 is 6.03 Å². The summed E-state index contributed by atoms with van der Waals surface area (Å²) in [5, 5.41) is 5.56. The van der Waals surface area contributed by atoms with Gasteiger partial charge in [-0.05, 0) is 43.6 Å². The third-order valence-electron chi connectivity index (χ3n) is 5.73. The number of nitrogens with one attached hydrogen (secondary N) is 2. The standard InChI is InChI=1S/C18H23N3O3S/c1-11-5-6-12-13(10-25-14(12)9-11)15(22)20-21-16(23)18(19-17(21)24)7-3-2-4-8-18/h10-11H,2-9H2,1H3,(H,19,24)(H,20,22). The Labute approximate surface area is 150 Å². The van der Waals surface area contributed by atoms with Gasteiger partial charge in [-0.1, -0.05) is 26.2 Å². The predicted molar refractivity (Wildman–Crippen MR) is 94.2 cm³/mol. The molecule has 2 aliphatic carbocycles. The molecule has 1 unspecified atom stereocenters. The largest absolute Gasteiger partial charge is 0.344 e. The lowest BCUT2D eigenvalue weighted by molar-refractivity contribution is -0.134. The van der Waals surface area contributed by atoms with Gasteiger partial charge in [-0.2, -0.15) is 5.01 Å². The van der Waals surface area contributed by atoms with Crippen molar-refractivity contribution >= 4 is 29.2 Å². The molecular formula is C18H23N3O3S. The first kappa shape index (κ1) is 16.6. The molecule has 4 amide bonds. The summed E-state index contributed by atoms with van der Waals surface area (Å²) < 4.78 is 0. The van der Waals surface area contributed by atoms with Crippen LogP contribution >= 0.6 is 11.3 Å². The molecule has 1 aromatic heterocycles. The lowest BCUT2D eigenvalue weighted by Gasteiger charge is -2.30. The van der Waals surface area contributed by atoms with Crippen LogP contribution in [0, 0.1) is 5.92 Å². The van der Waals surface area contributed by atoms with Crippen LogP contribution in [0.25, 0.3) is 0 Å². The van der Waals surface area contributed by atoms with Crippen LogP contribution in [-0.4, -0.2) is 28.4 Å². The number of amides is 4. The summed E-state index contributed by atoms with van der Waals surface area (Å²) in [6.07, 6.45) is 7.17. The van der Waals surface area contributed by atoms with Gasteiger partial charge < -0.3 is 5.32 Å². The second-order valence-electron chi connectivity index (χ2n) is 7.55. The van der Waals surface area contributed by atoms with E-state index >= 15 is 0 Å². The summed E-state index contributed by atoms with van der Waals surface area (Å²) in [5.74, 6) is -0.0363. The zero-order chi connectivity index (χ0) is 17.6. The second-order valence-corrected chi connectivity index (χ2v) is 8.52. The number of nitrogens with zero attached hydrogens (tertiary/aromatic N) is 1. The van der Waals surface area contributed by atoms with E-state index in [1.165, 1.54) is 4.88 Å². The fraction of sp³-hybridized carbons (Fsp3) is 0.611. The van der Waals surface area contributed by atoms with Crippen LogP contribution in [0.15, 0.2) is 5.38 Å². The van der Waals surface area contributed by atoms with Gasteiger partial charge in [0.1, 0.15) is 5.54 Å². The highest BCUT2D eigenvalue weighted by molar-refractivity contribution is 7.10. The maximum absolute atomic E-state index is 12.8. The third kappa shape index (κ3) is 2.74. The fourth-order valence-electron chi connectivity index (χ4n) is 4.25. The molecule has 3 aliphatic rings. The van der Waals surface area contributed by atoms with E-state index in [4.69, 9.17) is 0 Å².